The van der Waals surface area contributed by atoms with E-state index in [0.717, 1.165) is 6.42 Å². The molecule has 3 heteroatoms. The lowest BCUT2D eigenvalue weighted by Gasteiger charge is -2.12. The van der Waals surface area contributed by atoms with Crippen LogP contribution >= 0.6 is 0 Å². The van der Waals surface area contributed by atoms with Gasteiger partial charge in [0.1, 0.15) is 0 Å². The summed E-state index contributed by atoms with van der Waals surface area (Å²) in [4.78, 5) is 0. The van der Waals surface area contributed by atoms with E-state index < -0.39 is 0 Å². The molecule has 62 valence electrons. The van der Waals surface area contributed by atoms with Crippen LogP contribution in [0.25, 0.3) is 0 Å². The first-order valence-corrected chi connectivity index (χ1v) is 3.69. The number of nitrogens with one attached hydrogen (secondary N) is 1. The number of rotatable bonds is 5. The smallest absolute Gasteiger partial charge is 0.0636 e. The van der Waals surface area contributed by atoms with Gasteiger partial charge in [0, 0.05) is 19.2 Å². The Kier molecular flexibility index (Phi) is 5.58. The molecule has 0 amide bonds. The van der Waals surface area contributed by atoms with E-state index in [1.165, 1.54) is 0 Å². The first-order chi connectivity index (χ1) is 4.66. The topological polar surface area (TPSA) is 52.5 Å². The van der Waals surface area contributed by atoms with Crippen LogP contribution < -0.4 is 5.32 Å². The SMILES string of the molecule is CC(CCO)NC[C@H](C)O. The maximum Gasteiger partial charge on any atom is 0.0636 e. The van der Waals surface area contributed by atoms with Crippen LogP contribution in [-0.4, -0.2) is 35.5 Å². The van der Waals surface area contributed by atoms with Crippen molar-refractivity contribution in [2.75, 3.05) is 13.2 Å². The maximum absolute atomic E-state index is 8.84. The Balaban J connectivity index is 3.12. The fraction of sp³-hybridized carbons (Fsp3) is 1.00. The van der Waals surface area contributed by atoms with E-state index in [2.05, 4.69) is 5.32 Å². The van der Waals surface area contributed by atoms with Gasteiger partial charge in [0.05, 0.1) is 6.10 Å². The zero-order chi connectivity index (χ0) is 7.98. The summed E-state index contributed by atoms with van der Waals surface area (Å²) in [6.45, 7) is 4.52. The van der Waals surface area contributed by atoms with Crippen molar-refractivity contribution in [3.8, 4) is 0 Å². The normalized spacial score (nSPS) is 16.8. The molecular formula is C7H17NO2. The summed E-state index contributed by atoms with van der Waals surface area (Å²) in [6.07, 6.45) is 0.438. The molecule has 3 N–H and O–H groups in total. The van der Waals surface area contributed by atoms with E-state index in [9.17, 15) is 0 Å². The van der Waals surface area contributed by atoms with Crippen molar-refractivity contribution < 1.29 is 10.2 Å². The summed E-state index contributed by atoms with van der Waals surface area (Å²) in [7, 11) is 0. The highest BCUT2D eigenvalue weighted by Crippen LogP contribution is 1.88. The third-order valence-electron chi connectivity index (χ3n) is 1.32. The molecule has 3 nitrogen and oxygen atoms in total. The quantitative estimate of drug-likeness (QED) is 0.501. The number of aliphatic hydroxyl groups excluding tert-OH is 2. The summed E-state index contributed by atoms with van der Waals surface area (Å²) >= 11 is 0. The van der Waals surface area contributed by atoms with Gasteiger partial charge >= 0.3 is 0 Å². The minimum absolute atomic E-state index is 0.202. The Morgan fingerprint density at radius 1 is 1.40 bits per heavy atom. The average Bonchev–Trinajstić information content (AvgIpc) is 1.85. The monoisotopic (exact) mass is 147 g/mol. The molecule has 0 aromatic carbocycles. The van der Waals surface area contributed by atoms with Gasteiger partial charge in [-0.3, -0.25) is 0 Å². The van der Waals surface area contributed by atoms with E-state index >= 15 is 0 Å². The van der Waals surface area contributed by atoms with E-state index in [-0.39, 0.29) is 12.7 Å². The standard InChI is InChI=1S/C7H17NO2/c1-6(3-4-9)8-5-7(2)10/h6-10H,3-5H2,1-2H3/t6?,7-/m0/s1. The first-order valence-electron chi connectivity index (χ1n) is 3.69. The van der Waals surface area contributed by atoms with Crippen molar-refractivity contribution in [2.45, 2.75) is 32.4 Å². The lowest BCUT2D eigenvalue weighted by molar-refractivity contribution is 0.182. The van der Waals surface area contributed by atoms with Gasteiger partial charge in [0.2, 0.25) is 0 Å². The van der Waals surface area contributed by atoms with Crippen molar-refractivity contribution in [3.63, 3.8) is 0 Å². The maximum atomic E-state index is 8.84. The second-order valence-corrected chi connectivity index (χ2v) is 2.67. The lowest BCUT2D eigenvalue weighted by Crippen LogP contribution is -2.32. The van der Waals surface area contributed by atoms with E-state index in [1.54, 1.807) is 6.92 Å². The van der Waals surface area contributed by atoms with Gasteiger partial charge in [0.25, 0.3) is 0 Å². The molecule has 0 spiro atoms. The second-order valence-electron chi connectivity index (χ2n) is 2.67. The van der Waals surface area contributed by atoms with Crippen molar-refractivity contribution in [1.82, 2.24) is 5.32 Å². The summed E-state index contributed by atoms with van der Waals surface area (Å²) < 4.78 is 0. The molecule has 0 saturated heterocycles. The molecule has 1 unspecified atom stereocenters. The molecule has 0 aromatic heterocycles. The van der Waals surface area contributed by atoms with Crippen molar-refractivity contribution in [3.05, 3.63) is 0 Å². The van der Waals surface area contributed by atoms with Crippen molar-refractivity contribution in [1.29, 1.82) is 0 Å². The van der Waals surface area contributed by atoms with Crippen LogP contribution in [0.4, 0.5) is 0 Å². The van der Waals surface area contributed by atoms with Gasteiger partial charge in [-0.15, -0.1) is 0 Å². The highest BCUT2D eigenvalue weighted by atomic mass is 16.3. The fourth-order valence-corrected chi connectivity index (χ4v) is 0.667. The molecule has 0 heterocycles. The Morgan fingerprint density at radius 3 is 2.40 bits per heavy atom. The summed E-state index contributed by atoms with van der Waals surface area (Å²) in [6, 6.07) is 0.291. The highest BCUT2D eigenvalue weighted by molar-refractivity contribution is 4.61. The second kappa shape index (κ2) is 5.65. The van der Waals surface area contributed by atoms with Gasteiger partial charge in [-0.1, -0.05) is 0 Å². The summed E-state index contributed by atoms with van der Waals surface area (Å²) in [5.41, 5.74) is 0. The zero-order valence-electron chi connectivity index (χ0n) is 6.67. The molecule has 0 aromatic rings. The third kappa shape index (κ3) is 6.01. The van der Waals surface area contributed by atoms with Gasteiger partial charge in [0.15, 0.2) is 0 Å². The molecule has 0 rings (SSSR count). The molecule has 0 bridgehead atoms. The fourth-order valence-electron chi connectivity index (χ4n) is 0.667. The van der Waals surface area contributed by atoms with Gasteiger partial charge < -0.3 is 15.5 Å². The Bertz CT molecular complexity index is 76.0. The predicted octanol–water partition coefficient (Wildman–Crippen LogP) is -0.272. The molecule has 0 radical (unpaired) electrons. The van der Waals surface area contributed by atoms with Crippen molar-refractivity contribution >= 4 is 0 Å². The molecule has 0 aliphatic heterocycles. The van der Waals surface area contributed by atoms with Gasteiger partial charge in [-0.2, -0.15) is 0 Å². The Hall–Kier alpha value is -0.120. The number of hydrogen-bond donors (Lipinski definition) is 3. The number of hydrogen-bond acceptors (Lipinski definition) is 3. The van der Waals surface area contributed by atoms with Crippen molar-refractivity contribution in [2.24, 2.45) is 0 Å². The Morgan fingerprint density at radius 2 is 2.00 bits per heavy atom. The summed E-state index contributed by atoms with van der Waals surface area (Å²) in [5, 5.41) is 20.4. The molecular weight excluding hydrogens is 130 g/mol. The molecule has 0 saturated carbocycles. The minimum Gasteiger partial charge on any atom is -0.396 e. The molecule has 0 aliphatic rings. The lowest BCUT2D eigenvalue weighted by atomic mass is 10.2. The number of aliphatic hydroxyl groups is 2. The summed E-state index contributed by atoms with van der Waals surface area (Å²) in [5.74, 6) is 0. The van der Waals surface area contributed by atoms with Crippen LogP contribution in [0, 0.1) is 0 Å². The van der Waals surface area contributed by atoms with E-state index in [4.69, 9.17) is 10.2 Å². The first kappa shape index (κ1) is 9.88. The van der Waals surface area contributed by atoms with Crippen LogP contribution in [0.15, 0.2) is 0 Å². The van der Waals surface area contributed by atoms with Crippen LogP contribution in [0.1, 0.15) is 20.3 Å². The molecule has 0 fully saturated rings. The Labute approximate surface area is 62.1 Å². The molecule has 0 aliphatic carbocycles. The third-order valence-corrected chi connectivity index (χ3v) is 1.32. The van der Waals surface area contributed by atoms with Crippen LogP contribution in [0.5, 0.6) is 0 Å². The molecule has 2 atom stereocenters. The average molecular weight is 147 g/mol. The predicted molar refractivity (Wildman–Crippen MR) is 40.8 cm³/mol. The van der Waals surface area contributed by atoms with Crippen LogP contribution in [-0.2, 0) is 0 Å². The zero-order valence-corrected chi connectivity index (χ0v) is 6.67. The van der Waals surface area contributed by atoms with Gasteiger partial charge in [-0.25, -0.2) is 0 Å². The van der Waals surface area contributed by atoms with Crippen LogP contribution in [0.2, 0.25) is 0 Å². The van der Waals surface area contributed by atoms with Gasteiger partial charge in [-0.05, 0) is 20.3 Å². The van der Waals surface area contributed by atoms with E-state index in [0.29, 0.717) is 12.6 Å². The largest absolute Gasteiger partial charge is 0.396 e. The van der Waals surface area contributed by atoms with Crippen LogP contribution in [0.3, 0.4) is 0 Å². The minimum atomic E-state index is -0.304. The molecule has 10 heavy (non-hydrogen) atoms. The highest BCUT2D eigenvalue weighted by Gasteiger charge is 2.00. The van der Waals surface area contributed by atoms with E-state index in [1.807, 2.05) is 6.92 Å².